The van der Waals surface area contributed by atoms with Crippen molar-refractivity contribution in [3.8, 4) is 0 Å². The lowest BCUT2D eigenvalue weighted by Crippen LogP contribution is -2.38. The molecule has 3 nitrogen and oxygen atoms in total. The van der Waals surface area contributed by atoms with E-state index in [9.17, 15) is 4.79 Å². The summed E-state index contributed by atoms with van der Waals surface area (Å²) in [6, 6.07) is 15.9. The zero-order valence-corrected chi connectivity index (χ0v) is 14.7. The fourth-order valence-electron chi connectivity index (χ4n) is 3.30. The third kappa shape index (κ3) is 4.09. The fraction of sp³-hybridized carbons (Fsp3) is 0.350. The second-order valence-electron chi connectivity index (χ2n) is 6.41. The van der Waals surface area contributed by atoms with E-state index in [1.165, 1.54) is 0 Å². The van der Waals surface area contributed by atoms with Gasteiger partial charge in [-0.05, 0) is 55.2 Å². The van der Waals surface area contributed by atoms with Crippen LogP contribution in [0.4, 0.5) is 10.5 Å². The quantitative estimate of drug-likeness (QED) is 0.735. The summed E-state index contributed by atoms with van der Waals surface area (Å²) in [5.74, 6) is 0. The van der Waals surface area contributed by atoms with Crippen LogP contribution in [-0.2, 0) is 0 Å². The maximum absolute atomic E-state index is 12.9. The molecule has 0 spiro atoms. The Labute approximate surface area is 148 Å². The molecule has 0 unspecified atom stereocenters. The van der Waals surface area contributed by atoms with Gasteiger partial charge in [0.15, 0.2) is 0 Å². The van der Waals surface area contributed by atoms with E-state index in [4.69, 9.17) is 11.6 Å². The Bertz CT molecular complexity index is 699. The Balaban J connectivity index is 1.81. The number of amides is 2. The van der Waals surface area contributed by atoms with Gasteiger partial charge >= 0.3 is 6.03 Å². The SMILES string of the molecule is Cc1cccc(NC(=O)N2CCCCC[C@@H]2c2ccc(Cl)cc2)c1. The first-order valence-corrected chi connectivity index (χ1v) is 8.91. The van der Waals surface area contributed by atoms with Crippen LogP contribution in [0.1, 0.15) is 42.9 Å². The Morgan fingerprint density at radius 1 is 1.12 bits per heavy atom. The van der Waals surface area contributed by atoms with Gasteiger partial charge in [-0.2, -0.15) is 0 Å². The van der Waals surface area contributed by atoms with Crippen molar-refractivity contribution in [3.63, 3.8) is 0 Å². The maximum atomic E-state index is 12.9. The Hall–Kier alpha value is -2.00. The van der Waals surface area contributed by atoms with Crippen molar-refractivity contribution in [2.45, 2.75) is 38.6 Å². The summed E-state index contributed by atoms with van der Waals surface area (Å²) >= 11 is 6.01. The second kappa shape index (κ2) is 7.71. The number of anilines is 1. The first kappa shape index (κ1) is 16.8. The zero-order chi connectivity index (χ0) is 16.9. The first-order chi connectivity index (χ1) is 11.6. The Kier molecular flexibility index (Phi) is 5.41. The van der Waals surface area contributed by atoms with Crippen LogP contribution in [0.5, 0.6) is 0 Å². The largest absolute Gasteiger partial charge is 0.322 e. The van der Waals surface area contributed by atoms with Gasteiger partial charge in [-0.1, -0.05) is 48.7 Å². The predicted octanol–water partition coefficient (Wildman–Crippen LogP) is 5.80. The molecule has 1 saturated heterocycles. The number of urea groups is 1. The van der Waals surface area contributed by atoms with Gasteiger partial charge in [0.05, 0.1) is 6.04 Å². The average molecular weight is 343 g/mol. The molecule has 1 aliphatic heterocycles. The average Bonchev–Trinajstić information content (AvgIpc) is 2.81. The smallest absolute Gasteiger partial charge is 0.317 e. The molecule has 0 aliphatic carbocycles. The minimum Gasteiger partial charge on any atom is -0.317 e. The molecule has 0 bridgehead atoms. The molecular weight excluding hydrogens is 320 g/mol. The van der Waals surface area contributed by atoms with E-state index in [1.807, 2.05) is 60.4 Å². The lowest BCUT2D eigenvalue weighted by molar-refractivity contribution is 0.189. The number of carbonyl (C=O) groups is 1. The molecule has 0 radical (unpaired) electrons. The summed E-state index contributed by atoms with van der Waals surface area (Å²) in [6.45, 7) is 2.81. The Morgan fingerprint density at radius 2 is 1.92 bits per heavy atom. The second-order valence-corrected chi connectivity index (χ2v) is 6.85. The fourth-order valence-corrected chi connectivity index (χ4v) is 3.43. The molecule has 2 aromatic carbocycles. The van der Waals surface area contributed by atoms with Gasteiger partial charge in [-0.25, -0.2) is 4.79 Å². The van der Waals surface area contributed by atoms with Gasteiger partial charge in [0.2, 0.25) is 0 Å². The number of likely N-dealkylation sites (tertiary alicyclic amines) is 1. The summed E-state index contributed by atoms with van der Waals surface area (Å²) in [5, 5.41) is 3.78. The van der Waals surface area contributed by atoms with Gasteiger partial charge in [0, 0.05) is 17.3 Å². The van der Waals surface area contributed by atoms with Crippen molar-refractivity contribution in [2.24, 2.45) is 0 Å². The van der Waals surface area contributed by atoms with Crippen molar-refractivity contribution in [3.05, 3.63) is 64.7 Å². The van der Waals surface area contributed by atoms with Crippen molar-refractivity contribution < 1.29 is 4.79 Å². The zero-order valence-electron chi connectivity index (χ0n) is 14.0. The highest BCUT2D eigenvalue weighted by molar-refractivity contribution is 6.30. The number of nitrogens with zero attached hydrogens (tertiary/aromatic N) is 1. The van der Waals surface area contributed by atoms with E-state index in [-0.39, 0.29) is 12.1 Å². The molecule has 1 heterocycles. The highest BCUT2D eigenvalue weighted by Crippen LogP contribution is 2.31. The van der Waals surface area contributed by atoms with Crippen molar-refractivity contribution in [1.82, 2.24) is 4.90 Å². The van der Waals surface area contributed by atoms with E-state index in [0.717, 1.165) is 54.1 Å². The number of carbonyl (C=O) groups excluding carboxylic acids is 1. The van der Waals surface area contributed by atoms with Crippen molar-refractivity contribution >= 4 is 23.3 Å². The molecule has 2 amide bonds. The minimum atomic E-state index is -0.0255. The monoisotopic (exact) mass is 342 g/mol. The first-order valence-electron chi connectivity index (χ1n) is 8.53. The van der Waals surface area contributed by atoms with Gasteiger partial charge < -0.3 is 10.2 Å². The summed E-state index contributed by atoms with van der Waals surface area (Å²) in [5.41, 5.74) is 3.14. The number of aryl methyl sites for hydroxylation is 1. The molecule has 126 valence electrons. The lowest BCUT2D eigenvalue weighted by Gasteiger charge is -2.30. The van der Waals surface area contributed by atoms with Crippen LogP contribution in [-0.4, -0.2) is 17.5 Å². The lowest BCUT2D eigenvalue weighted by atomic mass is 10.0. The molecule has 0 aromatic heterocycles. The summed E-state index contributed by atoms with van der Waals surface area (Å²) in [6.07, 6.45) is 4.34. The molecule has 1 aliphatic rings. The Morgan fingerprint density at radius 3 is 2.67 bits per heavy atom. The molecule has 0 saturated carbocycles. The van der Waals surface area contributed by atoms with Crippen LogP contribution < -0.4 is 5.32 Å². The van der Waals surface area contributed by atoms with E-state index < -0.39 is 0 Å². The molecule has 3 rings (SSSR count). The standard InChI is InChI=1S/C20H23ClN2O/c1-15-6-5-7-18(14-15)22-20(24)23-13-4-2-3-8-19(23)16-9-11-17(21)12-10-16/h5-7,9-12,14,19H,2-4,8,13H2,1H3,(H,22,24)/t19-/m1/s1. The van der Waals surface area contributed by atoms with Gasteiger partial charge in [-0.3, -0.25) is 0 Å². The van der Waals surface area contributed by atoms with Crippen LogP contribution in [0.3, 0.4) is 0 Å². The van der Waals surface area contributed by atoms with E-state index in [1.54, 1.807) is 0 Å². The van der Waals surface area contributed by atoms with E-state index in [2.05, 4.69) is 5.32 Å². The number of nitrogens with one attached hydrogen (secondary N) is 1. The number of hydrogen-bond donors (Lipinski definition) is 1. The van der Waals surface area contributed by atoms with Crippen molar-refractivity contribution in [1.29, 1.82) is 0 Å². The predicted molar refractivity (Wildman–Crippen MR) is 99.6 cm³/mol. The topological polar surface area (TPSA) is 32.3 Å². The van der Waals surface area contributed by atoms with Gasteiger partial charge in [-0.15, -0.1) is 0 Å². The number of rotatable bonds is 2. The summed E-state index contributed by atoms with van der Waals surface area (Å²) in [7, 11) is 0. The molecule has 4 heteroatoms. The molecule has 24 heavy (non-hydrogen) atoms. The van der Waals surface area contributed by atoms with Crippen LogP contribution >= 0.6 is 11.6 Å². The number of halogens is 1. The van der Waals surface area contributed by atoms with Crippen LogP contribution in [0.25, 0.3) is 0 Å². The van der Waals surface area contributed by atoms with Crippen molar-refractivity contribution in [2.75, 3.05) is 11.9 Å². The van der Waals surface area contributed by atoms with Gasteiger partial charge in [0.25, 0.3) is 0 Å². The van der Waals surface area contributed by atoms with Crippen LogP contribution in [0.2, 0.25) is 5.02 Å². The maximum Gasteiger partial charge on any atom is 0.322 e. The summed E-state index contributed by atoms with van der Waals surface area (Å²) < 4.78 is 0. The minimum absolute atomic E-state index is 0.0255. The number of hydrogen-bond acceptors (Lipinski definition) is 1. The molecule has 1 N–H and O–H groups in total. The van der Waals surface area contributed by atoms with Crippen LogP contribution in [0.15, 0.2) is 48.5 Å². The van der Waals surface area contributed by atoms with E-state index >= 15 is 0 Å². The van der Waals surface area contributed by atoms with Crippen LogP contribution in [0, 0.1) is 6.92 Å². The third-order valence-electron chi connectivity index (χ3n) is 4.54. The normalized spacial score (nSPS) is 18.1. The number of benzene rings is 2. The highest BCUT2D eigenvalue weighted by Gasteiger charge is 2.26. The molecule has 1 atom stereocenters. The molecular formula is C20H23ClN2O. The van der Waals surface area contributed by atoms with Gasteiger partial charge in [0.1, 0.15) is 0 Å². The third-order valence-corrected chi connectivity index (χ3v) is 4.79. The highest BCUT2D eigenvalue weighted by atomic mass is 35.5. The molecule has 2 aromatic rings. The summed E-state index contributed by atoms with van der Waals surface area (Å²) in [4.78, 5) is 14.8. The van der Waals surface area contributed by atoms with E-state index in [0.29, 0.717) is 0 Å². The molecule has 1 fully saturated rings.